The zero-order valence-corrected chi connectivity index (χ0v) is 16.8. The number of hydrogen-bond donors (Lipinski definition) is 0. The molecule has 1 aliphatic heterocycles. The number of fused-ring (bicyclic) bond motifs is 1. The van der Waals surface area contributed by atoms with Crippen LogP contribution in [0, 0.1) is 0 Å². The maximum absolute atomic E-state index is 13.1. The zero-order chi connectivity index (χ0) is 20.4. The normalized spacial score (nSPS) is 18.2. The van der Waals surface area contributed by atoms with Gasteiger partial charge < -0.3 is 14.2 Å². The minimum absolute atomic E-state index is 0.114. The summed E-state index contributed by atoms with van der Waals surface area (Å²) in [7, 11) is 0. The van der Waals surface area contributed by atoms with Gasteiger partial charge in [0.1, 0.15) is 5.88 Å². The van der Waals surface area contributed by atoms with Gasteiger partial charge in [-0.3, -0.25) is 9.59 Å². The third-order valence-corrected chi connectivity index (χ3v) is 5.47. The van der Waals surface area contributed by atoms with E-state index in [1.807, 2.05) is 61.5 Å². The molecule has 0 saturated heterocycles. The molecule has 0 aliphatic carbocycles. The van der Waals surface area contributed by atoms with E-state index in [0.29, 0.717) is 12.2 Å². The topological polar surface area (TPSA) is 53.8 Å². The number of amides is 2. The molecule has 2 aromatic carbocycles. The van der Waals surface area contributed by atoms with Gasteiger partial charge in [-0.2, -0.15) is 0 Å². The number of hydrogen-bond acceptors (Lipinski definition) is 3. The number of para-hydroxylation sites is 2. The van der Waals surface area contributed by atoms with Gasteiger partial charge in [0.2, 0.25) is 5.91 Å². The van der Waals surface area contributed by atoms with Crippen molar-refractivity contribution in [2.24, 2.45) is 0 Å². The molecule has 4 rings (SSSR count). The van der Waals surface area contributed by atoms with Gasteiger partial charge in [-0.1, -0.05) is 36.4 Å². The van der Waals surface area contributed by atoms with Crippen LogP contribution in [-0.2, 0) is 4.79 Å². The lowest BCUT2D eigenvalue weighted by atomic mass is 9.89. The quantitative estimate of drug-likeness (QED) is 0.569. The second kappa shape index (κ2) is 8.13. The van der Waals surface area contributed by atoms with Gasteiger partial charge in [0, 0.05) is 17.4 Å². The summed E-state index contributed by atoms with van der Waals surface area (Å²) in [6, 6.07) is 20.2. The fourth-order valence-electron chi connectivity index (χ4n) is 4.01. The smallest absolute Gasteiger partial charge is 0.294 e. The van der Waals surface area contributed by atoms with Crippen LogP contribution in [0.15, 0.2) is 77.4 Å². The highest BCUT2D eigenvalue weighted by molar-refractivity contribution is 6.29. The number of nitrogens with zero attached hydrogens (tertiary/aromatic N) is 2. The number of furan rings is 1. The van der Waals surface area contributed by atoms with Crippen molar-refractivity contribution in [2.75, 3.05) is 15.7 Å². The van der Waals surface area contributed by atoms with Crippen LogP contribution in [0.3, 0.4) is 0 Å². The first-order valence-corrected chi connectivity index (χ1v) is 10.0. The average molecular weight is 409 g/mol. The Morgan fingerprint density at radius 3 is 2.48 bits per heavy atom. The predicted molar refractivity (Wildman–Crippen MR) is 113 cm³/mol. The molecule has 2 heterocycles. The highest BCUT2D eigenvalue weighted by Gasteiger charge is 2.39. The lowest BCUT2D eigenvalue weighted by Crippen LogP contribution is -2.48. The molecule has 2 amide bonds. The van der Waals surface area contributed by atoms with Crippen molar-refractivity contribution in [3.63, 3.8) is 0 Å². The summed E-state index contributed by atoms with van der Waals surface area (Å²) >= 11 is 5.96. The Morgan fingerprint density at radius 1 is 1.07 bits per heavy atom. The van der Waals surface area contributed by atoms with Crippen LogP contribution in [0.4, 0.5) is 11.4 Å². The molecule has 0 radical (unpaired) electrons. The summed E-state index contributed by atoms with van der Waals surface area (Å²) in [6.07, 6.45) is 2.08. The van der Waals surface area contributed by atoms with Gasteiger partial charge >= 0.3 is 0 Å². The Balaban J connectivity index is 1.80. The van der Waals surface area contributed by atoms with E-state index in [9.17, 15) is 9.59 Å². The third-order valence-electron chi connectivity index (χ3n) is 5.24. The van der Waals surface area contributed by atoms with Crippen LogP contribution >= 0.6 is 11.6 Å². The lowest BCUT2D eigenvalue weighted by Gasteiger charge is -2.43. The van der Waals surface area contributed by atoms with E-state index in [-0.39, 0.29) is 29.8 Å². The summed E-state index contributed by atoms with van der Waals surface area (Å²) in [5.41, 5.74) is 2.48. The predicted octanol–water partition coefficient (Wildman–Crippen LogP) is 5.03. The SMILES string of the molecule is CC1CC(N(C(=O)CCl)c2ccccc2)c2ccccc2N1C(=O)c1ccco1. The second-order valence-corrected chi connectivity index (χ2v) is 7.31. The Labute approximate surface area is 174 Å². The summed E-state index contributed by atoms with van der Waals surface area (Å²) in [5.74, 6) is -0.183. The van der Waals surface area contributed by atoms with Gasteiger partial charge in [0.15, 0.2) is 5.76 Å². The second-order valence-electron chi connectivity index (χ2n) is 7.04. The number of halogens is 1. The number of benzene rings is 2. The largest absolute Gasteiger partial charge is 0.459 e. The summed E-state index contributed by atoms with van der Waals surface area (Å²) in [6.45, 7) is 1.98. The molecule has 3 aromatic rings. The van der Waals surface area contributed by atoms with Crippen LogP contribution in [0.2, 0.25) is 0 Å². The molecule has 1 aliphatic rings. The van der Waals surface area contributed by atoms with Crippen molar-refractivity contribution in [3.05, 3.63) is 84.3 Å². The van der Waals surface area contributed by atoms with Gasteiger partial charge in [-0.05, 0) is 49.2 Å². The molecular formula is C23H21ClN2O3. The van der Waals surface area contributed by atoms with Crippen molar-refractivity contribution in [3.8, 4) is 0 Å². The first-order chi connectivity index (χ1) is 14.1. The van der Waals surface area contributed by atoms with Crippen LogP contribution in [0.25, 0.3) is 0 Å². The Bertz CT molecular complexity index is 1000. The number of anilines is 2. The summed E-state index contributed by atoms with van der Waals surface area (Å²) in [5, 5.41) is 0. The van der Waals surface area contributed by atoms with Crippen molar-refractivity contribution < 1.29 is 14.0 Å². The molecule has 29 heavy (non-hydrogen) atoms. The molecule has 1 aromatic heterocycles. The Kier molecular flexibility index (Phi) is 5.41. The molecular weight excluding hydrogens is 388 g/mol. The van der Waals surface area contributed by atoms with E-state index in [0.717, 1.165) is 16.9 Å². The molecule has 0 saturated carbocycles. The van der Waals surface area contributed by atoms with Gasteiger partial charge in [0.25, 0.3) is 5.91 Å². The summed E-state index contributed by atoms with van der Waals surface area (Å²) in [4.78, 5) is 29.4. The number of rotatable bonds is 4. The van der Waals surface area contributed by atoms with E-state index in [4.69, 9.17) is 16.0 Å². The molecule has 0 N–H and O–H groups in total. The maximum atomic E-state index is 13.1. The highest BCUT2D eigenvalue weighted by atomic mass is 35.5. The maximum Gasteiger partial charge on any atom is 0.294 e. The molecule has 5 nitrogen and oxygen atoms in total. The Morgan fingerprint density at radius 2 is 1.79 bits per heavy atom. The van der Waals surface area contributed by atoms with Crippen molar-refractivity contribution in [1.29, 1.82) is 0 Å². The fourth-order valence-corrected chi connectivity index (χ4v) is 4.13. The monoisotopic (exact) mass is 408 g/mol. The molecule has 2 atom stereocenters. The van der Waals surface area contributed by atoms with Gasteiger partial charge in [0.05, 0.1) is 12.3 Å². The van der Waals surface area contributed by atoms with Crippen LogP contribution in [-0.4, -0.2) is 23.7 Å². The molecule has 148 valence electrons. The van der Waals surface area contributed by atoms with Crippen molar-refractivity contribution >= 4 is 34.8 Å². The first kappa shape index (κ1) is 19.3. The van der Waals surface area contributed by atoms with Crippen molar-refractivity contribution in [2.45, 2.75) is 25.4 Å². The summed E-state index contributed by atoms with van der Waals surface area (Å²) < 4.78 is 5.34. The third kappa shape index (κ3) is 3.54. The van der Waals surface area contributed by atoms with Crippen LogP contribution in [0.5, 0.6) is 0 Å². The van der Waals surface area contributed by atoms with Crippen molar-refractivity contribution in [1.82, 2.24) is 0 Å². The minimum Gasteiger partial charge on any atom is -0.459 e. The highest BCUT2D eigenvalue weighted by Crippen LogP contribution is 2.42. The fraction of sp³-hybridized carbons (Fsp3) is 0.217. The van der Waals surface area contributed by atoms with Crippen LogP contribution < -0.4 is 9.80 Å². The zero-order valence-electron chi connectivity index (χ0n) is 16.0. The molecule has 0 bridgehead atoms. The average Bonchev–Trinajstić information content (AvgIpc) is 3.29. The first-order valence-electron chi connectivity index (χ1n) is 9.51. The molecule has 0 fully saturated rings. The standard InChI is InChI=1S/C23H21ClN2O3/c1-16-14-20(26(22(27)15-24)17-8-3-2-4-9-17)18-10-5-6-11-19(18)25(16)23(28)21-12-7-13-29-21/h2-13,16,20H,14-15H2,1H3. The van der Waals surface area contributed by atoms with Gasteiger partial charge in [-0.15, -0.1) is 11.6 Å². The molecule has 2 unspecified atom stereocenters. The molecule has 0 spiro atoms. The van der Waals surface area contributed by atoms with E-state index >= 15 is 0 Å². The number of alkyl halides is 1. The van der Waals surface area contributed by atoms with E-state index in [1.165, 1.54) is 6.26 Å². The van der Waals surface area contributed by atoms with Crippen LogP contribution in [0.1, 0.15) is 35.5 Å². The molecule has 6 heteroatoms. The number of carbonyl (C=O) groups is 2. The van der Waals surface area contributed by atoms with Gasteiger partial charge in [-0.25, -0.2) is 0 Å². The van der Waals surface area contributed by atoms with E-state index in [1.54, 1.807) is 21.9 Å². The number of carbonyl (C=O) groups excluding carboxylic acids is 2. The Hall–Kier alpha value is -3.05. The lowest BCUT2D eigenvalue weighted by molar-refractivity contribution is -0.116. The minimum atomic E-state index is -0.226. The van der Waals surface area contributed by atoms with E-state index < -0.39 is 0 Å². The van der Waals surface area contributed by atoms with E-state index in [2.05, 4.69) is 0 Å².